The predicted molar refractivity (Wildman–Crippen MR) is 215 cm³/mol. The molecule has 8 aromatic carbocycles. The van der Waals surface area contributed by atoms with Gasteiger partial charge >= 0.3 is 0 Å². The van der Waals surface area contributed by atoms with Crippen molar-refractivity contribution in [2.75, 3.05) is 0 Å². The van der Waals surface area contributed by atoms with E-state index in [1.165, 1.54) is 38.1 Å². The molecule has 0 N–H and O–H groups in total. The Morgan fingerprint density at radius 1 is 0.423 bits per heavy atom. The van der Waals surface area contributed by atoms with E-state index in [-0.39, 0.29) is 0 Å². The largest absolute Gasteiger partial charge is 0.456 e. The monoisotopic (exact) mass is 663 g/mol. The maximum Gasteiger partial charge on any atom is 0.161 e. The molecular formula is C48H29N3O. The standard InChI is InChI=1S/C48H29N3O/c1-2-13-31(14-3-1)47-36-16-6-8-20-40(36)49-48(50-47)38-19-11-23-44-46(38)39-29-33(25-27-43(39)52-44)35-18-10-22-42-45(35)37-17-7-9-21-41(37)51(42)34-26-24-30-12-4-5-15-32(30)28-34/h1-29H. The highest BCUT2D eigenvalue weighted by Crippen LogP contribution is 2.42. The van der Waals surface area contributed by atoms with Gasteiger partial charge in [0, 0.05) is 43.7 Å². The van der Waals surface area contributed by atoms with E-state index in [1.807, 2.05) is 30.3 Å². The van der Waals surface area contributed by atoms with Crippen LogP contribution in [0.5, 0.6) is 0 Å². The molecule has 0 radical (unpaired) electrons. The van der Waals surface area contributed by atoms with Gasteiger partial charge in [-0.05, 0) is 70.4 Å². The Kier molecular flexibility index (Phi) is 6.22. The van der Waals surface area contributed by atoms with Gasteiger partial charge in [-0.3, -0.25) is 0 Å². The van der Waals surface area contributed by atoms with E-state index in [1.54, 1.807) is 0 Å². The van der Waals surface area contributed by atoms with E-state index in [2.05, 4.69) is 150 Å². The van der Waals surface area contributed by atoms with Crippen molar-refractivity contribution in [2.45, 2.75) is 0 Å². The topological polar surface area (TPSA) is 43.9 Å². The zero-order valence-corrected chi connectivity index (χ0v) is 28.0. The van der Waals surface area contributed by atoms with E-state index >= 15 is 0 Å². The van der Waals surface area contributed by atoms with E-state index < -0.39 is 0 Å². The summed E-state index contributed by atoms with van der Waals surface area (Å²) in [5, 5.41) is 7.98. The Hall–Kier alpha value is -7.04. The summed E-state index contributed by atoms with van der Waals surface area (Å²) in [5.74, 6) is 0.678. The Bertz CT molecular complexity index is 3190. The smallest absolute Gasteiger partial charge is 0.161 e. The molecule has 4 heteroatoms. The molecule has 0 amide bonds. The van der Waals surface area contributed by atoms with Gasteiger partial charge in [-0.1, -0.05) is 127 Å². The number of para-hydroxylation sites is 2. The second-order valence-electron chi connectivity index (χ2n) is 13.4. The van der Waals surface area contributed by atoms with Gasteiger partial charge in [0.1, 0.15) is 11.2 Å². The number of hydrogen-bond acceptors (Lipinski definition) is 3. The summed E-state index contributed by atoms with van der Waals surface area (Å²) in [5.41, 5.74) is 11.3. The third-order valence-electron chi connectivity index (χ3n) is 10.4. The van der Waals surface area contributed by atoms with Gasteiger partial charge < -0.3 is 8.98 Å². The van der Waals surface area contributed by atoms with E-state index in [9.17, 15) is 0 Å². The normalized spacial score (nSPS) is 11.8. The number of hydrogen-bond donors (Lipinski definition) is 0. The van der Waals surface area contributed by atoms with Crippen molar-refractivity contribution >= 4 is 65.4 Å². The molecule has 0 atom stereocenters. The van der Waals surface area contributed by atoms with Crippen molar-refractivity contribution in [1.29, 1.82) is 0 Å². The van der Waals surface area contributed by atoms with Crippen LogP contribution in [0.1, 0.15) is 0 Å². The lowest BCUT2D eigenvalue weighted by atomic mass is 9.97. The highest BCUT2D eigenvalue weighted by molar-refractivity contribution is 6.18. The molecule has 4 nitrogen and oxygen atoms in total. The summed E-state index contributed by atoms with van der Waals surface area (Å²) < 4.78 is 8.90. The number of aromatic nitrogens is 3. The minimum Gasteiger partial charge on any atom is -0.456 e. The summed E-state index contributed by atoms with van der Waals surface area (Å²) in [6, 6.07) is 62.0. The van der Waals surface area contributed by atoms with Crippen LogP contribution in [0.2, 0.25) is 0 Å². The Labute approximate surface area is 298 Å². The fraction of sp³-hybridized carbons (Fsp3) is 0. The molecule has 0 spiro atoms. The molecule has 11 aromatic rings. The second-order valence-corrected chi connectivity index (χ2v) is 13.4. The SMILES string of the molecule is c1ccc(-c2nc(-c3cccc4oc5ccc(-c6cccc7c6c6ccccc6n7-c6ccc7ccccc7c6)cc5c34)nc3ccccc23)cc1. The molecule has 242 valence electrons. The molecule has 0 bridgehead atoms. The highest BCUT2D eigenvalue weighted by Gasteiger charge is 2.20. The average molecular weight is 664 g/mol. The Balaban J connectivity index is 1.14. The molecule has 0 saturated carbocycles. The number of benzene rings is 8. The quantitative estimate of drug-likeness (QED) is 0.188. The van der Waals surface area contributed by atoms with Crippen molar-refractivity contribution in [3.05, 3.63) is 176 Å². The van der Waals surface area contributed by atoms with Gasteiger partial charge in [0.05, 0.1) is 22.2 Å². The van der Waals surface area contributed by atoms with Crippen LogP contribution in [0.4, 0.5) is 0 Å². The van der Waals surface area contributed by atoms with Crippen molar-refractivity contribution in [2.24, 2.45) is 0 Å². The first-order valence-corrected chi connectivity index (χ1v) is 17.6. The van der Waals surface area contributed by atoms with E-state index in [0.717, 1.165) is 60.9 Å². The van der Waals surface area contributed by atoms with Gasteiger partial charge in [0.15, 0.2) is 5.82 Å². The number of furan rings is 1. The van der Waals surface area contributed by atoms with Crippen LogP contribution in [0.3, 0.4) is 0 Å². The third kappa shape index (κ3) is 4.34. The van der Waals surface area contributed by atoms with Gasteiger partial charge in [0.25, 0.3) is 0 Å². The van der Waals surface area contributed by atoms with Crippen molar-refractivity contribution in [3.63, 3.8) is 0 Å². The summed E-state index contributed by atoms with van der Waals surface area (Å²) in [6.07, 6.45) is 0. The molecule has 3 heterocycles. The van der Waals surface area contributed by atoms with E-state index in [0.29, 0.717) is 5.82 Å². The molecule has 0 aliphatic carbocycles. The summed E-state index contributed by atoms with van der Waals surface area (Å²) >= 11 is 0. The average Bonchev–Trinajstić information content (AvgIpc) is 3.76. The van der Waals surface area contributed by atoms with Crippen LogP contribution in [0.15, 0.2) is 180 Å². The Morgan fingerprint density at radius 2 is 1.17 bits per heavy atom. The fourth-order valence-electron chi connectivity index (χ4n) is 8.05. The first-order chi connectivity index (χ1) is 25.8. The minimum absolute atomic E-state index is 0.678. The molecule has 11 rings (SSSR count). The van der Waals surface area contributed by atoms with Gasteiger partial charge in [-0.25, -0.2) is 9.97 Å². The van der Waals surface area contributed by atoms with Crippen LogP contribution in [0, 0.1) is 0 Å². The minimum atomic E-state index is 0.678. The number of rotatable bonds is 4. The molecule has 0 fully saturated rings. The lowest BCUT2D eigenvalue weighted by molar-refractivity contribution is 0.669. The first kappa shape index (κ1) is 28.8. The van der Waals surface area contributed by atoms with Crippen molar-refractivity contribution in [1.82, 2.24) is 14.5 Å². The summed E-state index contributed by atoms with van der Waals surface area (Å²) in [6.45, 7) is 0. The molecule has 0 aliphatic heterocycles. The fourth-order valence-corrected chi connectivity index (χ4v) is 8.05. The molecule has 0 unspecified atom stereocenters. The van der Waals surface area contributed by atoms with Crippen LogP contribution >= 0.6 is 0 Å². The van der Waals surface area contributed by atoms with Crippen LogP contribution in [-0.2, 0) is 0 Å². The van der Waals surface area contributed by atoms with Crippen molar-refractivity contribution in [3.8, 4) is 39.5 Å². The number of fused-ring (bicyclic) bond motifs is 8. The zero-order valence-electron chi connectivity index (χ0n) is 28.0. The molecule has 52 heavy (non-hydrogen) atoms. The van der Waals surface area contributed by atoms with Crippen molar-refractivity contribution < 1.29 is 4.42 Å². The number of nitrogens with zero attached hydrogens (tertiary/aromatic N) is 3. The lowest BCUT2D eigenvalue weighted by Crippen LogP contribution is -1.95. The molecule has 0 aliphatic rings. The molecule has 0 saturated heterocycles. The highest BCUT2D eigenvalue weighted by atomic mass is 16.3. The summed E-state index contributed by atoms with van der Waals surface area (Å²) in [7, 11) is 0. The second kappa shape index (κ2) is 11.2. The third-order valence-corrected chi connectivity index (χ3v) is 10.4. The van der Waals surface area contributed by atoms with Gasteiger partial charge in [0.2, 0.25) is 0 Å². The Morgan fingerprint density at radius 3 is 2.10 bits per heavy atom. The van der Waals surface area contributed by atoms with Crippen LogP contribution in [0.25, 0.3) is 105 Å². The van der Waals surface area contributed by atoms with E-state index in [4.69, 9.17) is 14.4 Å². The van der Waals surface area contributed by atoms with Crippen LogP contribution in [-0.4, -0.2) is 14.5 Å². The van der Waals surface area contributed by atoms with Gasteiger partial charge in [-0.15, -0.1) is 0 Å². The predicted octanol–water partition coefficient (Wildman–Crippen LogP) is 12.8. The molecular weight excluding hydrogens is 635 g/mol. The van der Waals surface area contributed by atoms with Gasteiger partial charge in [-0.2, -0.15) is 0 Å². The van der Waals surface area contributed by atoms with Crippen LogP contribution < -0.4 is 0 Å². The molecule has 3 aromatic heterocycles. The maximum absolute atomic E-state index is 6.50. The maximum atomic E-state index is 6.50. The zero-order chi connectivity index (χ0) is 34.2. The summed E-state index contributed by atoms with van der Waals surface area (Å²) in [4.78, 5) is 10.3. The lowest BCUT2D eigenvalue weighted by Gasteiger charge is -2.11. The first-order valence-electron chi connectivity index (χ1n) is 17.6.